The fraction of sp³-hybridized carbons (Fsp3) is 0.200. The van der Waals surface area contributed by atoms with Gasteiger partial charge in [0.05, 0.1) is 40.9 Å². The molecule has 0 bridgehead atoms. The van der Waals surface area contributed by atoms with E-state index in [1.165, 1.54) is 11.0 Å². The van der Waals surface area contributed by atoms with Crippen LogP contribution in [0.1, 0.15) is 11.1 Å². The summed E-state index contributed by atoms with van der Waals surface area (Å²) in [6.07, 6.45) is 4.70. The van der Waals surface area contributed by atoms with Crippen LogP contribution < -0.4 is 24.4 Å². The summed E-state index contributed by atoms with van der Waals surface area (Å²) in [5, 5.41) is 16.5. The molecule has 0 amide bonds. The van der Waals surface area contributed by atoms with Crippen molar-refractivity contribution in [1.29, 1.82) is 0 Å². The molecule has 0 saturated heterocycles. The van der Waals surface area contributed by atoms with Crippen molar-refractivity contribution in [3.8, 4) is 23.0 Å². The topological polar surface area (TPSA) is 104 Å². The highest BCUT2D eigenvalue weighted by Gasteiger charge is 2.10. The second-order valence-corrected chi connectivity index (χ2v) is 7.78. The molecule has 0 aliphatic heterocycles. The predicted molar refractivity (Wildman–Crippen MR) is 129 cm³/mol. The Hall–Kier alpha value is -3.12. The minimum atomic E-state index is 0.325. The summed E-state index contributed by atoms with van der Waals surface area (Å²) < 4.78 is 24.3. The number of hydrazone groups is 1. The molecule has 0 saturated carbocycles. The van der Waals surface area contributed by atoms with Crippen LogP contribution in [0.5, 0.6) is 23.0 Å². The number of benzene rings is 2. The average molecular weight is 568 g/mol. The number of hydrogen-bond acceptors (Lipinski definition) is 9. The Kier molecular flexibility index (Phi) is 8.06. The maximum absolute atomic E-state index is 5.34. The number of aromatic nitrogens is 3. The molecule has 0 radical (unpaired) electrons. The quantitative estimate of drug-likeness (QED) is 0.306. The van der Waals surface area contributed by atoms with E-state index in [0.29, 0.717) is 28.9 Å². The van der Waals surface area contributed by atoms with Crippen molar-refractivity contribution >= 4 is 50.2 Å². The summed E-state index contributed by atoms with van der Waals surface area (Å²) in [4.78, 5) is 0. The van der Waals surface area contributed by atoms with Crippen LogP contribution in [-0.2, 0) is 0 Å². The molecule has 0 atom stereocenters. The normalized spacial score (nSPS) is 11.2. The zero-order valence-electron chi connectivity index (χ0n) is 17.7. The van der Waals surface area contributed by atoms with Gasteiger partial charge >= 0.3 is 0 Å². The van der Waals surface area contributed by atoms with Crippen molar-refractivity contribution in [2.45, 2.75) is 0 Å². The average Bonchev–Trinajstić information content (AvgIpc) is 3.25. The fourth-order valence-electron chi connectivity index (χ4n) is 2.61. The molecule has 0 unspecified atom stereocenters. The van der Waals surface area contributed by atoms with Gasteiger partial charge in [0.15, 0.2) is 23.0 Å². The maximum Gasteiger partial charge on any atom is 0.265 e. The van der Waals surface area contributed by atoms with Crippen LogP contribution in [0.4, 0.5) is 5.95 Å². The Balaban J connectivity index is 1.77. The van der Waals surface area contributed by atoms with Gasteiger partial charge in [0.1, 0.15) is 6.33 Å². The van der Waals surface area contributed by atoms with Crippen molar-refractivity contribution in [2.75, 3.05) is 33.9 Å². The fourth-order valence-corrected chi connectivity index (χ4v) is 3.46. The van der Waals surface area contributed by atoms with Gasteiger partial charge in [0.25, 0.3) is 5.95 Å². The smallest absolute Gasteiger partial charge is 0.265 e. The summed E-state index contributed by atoms with van der Waals surface area (Å²) in [5.41, 5.74) is 4.38. The number of ether oxygens (including phenoxy) is 4. The molecule has 1 N–H and O–H groups in total. The van der Waals surface area contributed by atoms with Gasteiger partial charge in [-0.25, -0.2) is 5.43 Å². The maximum atomic E-state index is 5.34. The van der Waals surface area contributed by atoms with Gasteiger partial charge < -0.3 is 18.9 Å². The molecule has 3 aromatic rings. The first-order valence-corrected chi connectivity index (χ1v) is 10.7. The SMILES string of the molecule is COc1cc(Br)c(/C=N/Nc2nncn2/N=C/c2cc(OC)c(OC)cc2Br)cc1OC. The van der Waals surface area contributed by atoms with E-state index in [-0.39, 0.29) is 0 Å². The number of nitrogens with zero attached hydrogens (tertiary/aromatic N) is 5. The minimum absolute atomic E-state index is 0.325. The van der Waals surface area contributed by atoms with Gasteiger partial charge in [-0.3, -0.25) is 0 Å². The second kappa shape index (κ2) is 11.0. The van der Waals surface area contributed by atoms with Crippen LogP contribution in [0.25, 0.3) is 0 Å². The van der Waals surface area contributed by atoms with E-state index in [1.54, 1.807) is 65.1 Å². The molecule has 0 fully saturated rings. The zero-order chi connectivity index (χ0) is 23.1. The number of hydrogen-bond donors (Lipinski definition) is 1. The van der Waals surface area contributed by atoms with E-state index in [2.05, 4.69) is 57.7 Å². The molecule has 0 aliphatic carbocycles. The van der Waals surface area contributed by atoms with Crippen LogP contribution in [0.2, 0.25) is 0 Å². The lowest BCUT2D eigenvalue weighted by Crippen LogP contribution is -2.00. The summed E-state index contributed by atoms with van der Waals surface area (Å²) in [6.45, 7) is 0. The van der Waals surface area contributed by atoms with Gasteiger partial charge in [0, 0.05) is 20.1 Å². The van der Waals surface area contributed by atoms with Crippen molar-refractivity contribution in [2.24, 2.45) is 10.2 Å². The van der Waals surface area contributed by atoms with Crippen molar-refractivity contribution < 1.29 is 18.9 Å². The lowest BCUT2D eigenvalue weighted by Gasteiger charge is -2.09. The number of rotatable bonds is 9. The van der Waals surface area contributed by atoms with E-state index in [0.717, 1.165) is 20.1 Å². The van der Waals surface area contributed by atoms with Crippen molar-refractivity contribution in [1.82, 2.24) is 14.9 Å². The Labute approximate surface area is 201 Å². The van der Waals surface area contributed by atoms with Crippen LogP contribution >= 0.6 is 31.9 Å². The Morgan fingerprint density at radius 2 is 1.31 bits per heavy atom. The van der Waals surface area contributed by atoms with Gasteiger partial charge in [-0.1, -0.05) is 0 Å². The summed E-state index contributed by atoms with van der Waals surface area (Å²) >= 11 is 6.99. The summed E-state index contributed by atoms with van der Waals surface area (Å²) in [6, 6.07) is 7.20. The molecule has 0 spiro atoms. The Morgan fingerprint density at radius 3 is 1.84 bits per heavy atom. The third kappa shape index (κ3) is 5.37. The van der Waals surface area contributed by atoms with Crippen LogP contribution in [0.15, 0.2) is 49.7 Å². The minimum Gasteiger partial charge on any atom is -0.493 e. The Morgan fingerprint density at radius 1 is 0.812 bits per heavy atom. The third-order valence-corrected chi connectivity index (χ3v) is 5.60. The van der Waals surface area contributed by atoms with Gasteiger partial charge in [-0.15, -0.1) is 10.2 Å². The first kappa shape index (κ1) is 23.5. The van der Waals surface area contributed by atoms with E-state index in [4.69, 9.17) is 18.9 Å². The Bertz CT molecular complexity index is 1150. The first-order valence-electron chi connectivity index (χ1n) is 9.07. The van der Waals surface area contributed by atoms with Gasteiger partial charge in [-0.2, -0.15) is 14.9 Å². The molecule has 32 heavy (non-hydrogen) atoms. The standard InChI is InChI=1S/C20H20Br2N6O4/c1-29-16-5-12(14(21)7-18(16)31-3)9-23-26-20-27-24-11-28(20)25-10-13-6-17(30-2)19(32-4)8-15(13)22/h5-11H,1-4H3,(H,26,27)/b23-9+,25-10+. The highest BCUT2D eigenvalue weighted by Crippen LogP contribution is 2.33. The monoisotopic (exact) mass is 566 g/mol. The van der Waals surface area contributed by atoms with E-state index < -0.39 is 0 Å². The molecule has 0 aliphatic rings. The number of halogens is 2. The van der Waals surface area contributed by atoms with Crippen LogP contribution in [0, 0.1) is 0 Å². The van der Waals surface area contributed by atoms with Crippen molar-refractivity contribution in [3.63, 3.8) is 0 Å². The molecular weight excluding hydrogens is 548 g/mol. The molecular formula is C20H20Br2N6O4. The summed E-state index contributed by atoms with van der Waals surface area (Å²) in [5.74, 6) is 2.72. The third-order valence-electron chi connectivity index (χ3n) is 4.23. The lowest BCUT2D eigenvalue weighted by molar-refractivity contribution is 0.354. The van der Waals surface area contributed by atoms with Gasteiger partial charge in [0.2, 0.25) is 0 Å². The molecule has 2 aromatic carbocycles. The van der Waals surface area contributed by atoms with E-state index in [9.17, 15) is 0 Å². The second-order valence-electron chi connectivity index (χ2n) is 6.07. The highest BCUT2D eigenvalue weighted by atomic mass is 79.9. The molecule has 1 heterocycles. The largest absolute Gasteiger partial charge is 0.493 e. The molecule has 1 aromatic heterocycles. The molecule has 12 heteroatoms. The molecule has 3 rings (SSSR count). The first-order chi connectivity index (χ1) is 15.5. The van der Waals surface area contributed by atoms with Crippen LogP contribution in [-0.4, -0.2) is 55.7 Å². The summed E-state index contributed by atoms with van der Waals surface area (Å²) in [7, 11) is 6.30. The highest BCUT2D eigenvalue weighted by molar-refractivity contribution is 9.10. The number of anilines is 1. The zero-order valence-corrected chi connectivity index (χ0v) is 20.8. The van der Waals surface area contributed by atoms with Gasteiger partial charge in [-0.05, 0) is 56.1 Å². The molecule has 168 valence electrons. The van der Waals surface area contributed by atoms with Crippen molar-refractivity contribution in [3.05, 3.63) is 50.7 Å². The van der Waals surface area contributed by atoms with E-state index in [1.807, 2.05) is 0 Å². The lowest BCUT2D eigenvalue weighted by atomic mass is 10.2. The number of methoxy groups -OCH3 is 4. The molecule has 10 nitrogen and oxygen atoms in total. The van der Waals surface area contributed by atoms with Crippen LogP contribution in [0.3, 0.4) is 0 Å². The van der Waals surface area contributed by atoms with E-state index >= 15 is 0 Å². The number of nitrogens with one attached hydrogen (secondary N) is 1. The predicted octanol–water partition coefficient (Wildman–Crippen LogP) is 4.17.